The van der Waals surface area contributed by atoms with Crippen molar-refractivity contribution in [1.29, 1.82) is 0 Å². The number of halogens is 1. The fourth-order valence-corrected chi connectivity index (χ4v) is 2.80. The Morgan fingerprint density at radius 1 is 1.44 bits per heavy atom. The van der Waals surface area contributed by atoms with Gasteiger partial charge in [-0.25, -0.2) is 0 Å². The van der Waals surface area contributed by atoms with Crippen molar-refractivity contribution >= 4 is 15.9 Å². The first-order chi connectivity index (χ1) is 8.61. The molecule has 1 aliphatic heterocycles. The first-order valence-electron chi connectivity index (χ1n) is 6.49. The normalized spacial score (nSPS) is 27.1. The van der Waals surface area contributed by atoms with E-state index in [4.69, 9.17) is 5.73 Å². The lowest BCUT2D eigenvalue weighted by Crippen LogP contribution is -2.46. The van der Waals surface area contributed by atoms with Gasteiger partial charge in [0.25, 0.3) is 0 Å². The molecular formula is C14H21BrN2O. The standard InChI is InChI=1S/C14H21BrN2O/c1-10-6-7-17(9-14(10)18)13(8-16)11-2-4-12(15)5-3-11/h2-5,10,13-14,18H,6-9,16H2,1H3. The summed E-state index contributed by atoms with van der Waals surface area (Å²) >= 11 is 3.45. The number of benzene rings is 1. The summed E-state index contributed by atoms with van der Waals surface area (Å²) in [5, 5.41) is 9.99. The van der Waals surface area contributed by atoms with Gasteiger partial charge in [-0.3, -0.25) is 4.90 Å². The Bertz CT molecular complexity index is 382. The number of piperidine rings is 1. The second kappa shape index (κ2) is 6.15. The van der Waals surface area contributed by atoms with Gasteiger partial charge < -0.3 is 10.8 Å². The van der Waals surface area contributed by atoms with E-state index in [1.54, 1.807) is 0 Å². The summed E-state index contributed by atoms with van der Waals surface area (Å²) in [6, 6.07) is 8.50. The maximum Gasteiger partial charge on any atom is 0.0693 e. The SMILES string of the molecule is CC1CCN(C(CN)c2ccc(Br)cc2)CC1O. The predicted octanol–water partition coefficient (Wildman–Crippen LogP) is 2.15. The molecule has 3 N–H and O–H groups in total. The quantitative estimate of drug-likeness (QED) is 0.899. The van der Waals surface area contributed by atoms with Crippen molar-refractivity contribution in [3.63, 3.8) is 0 Å². The van der Waals surface area contributed by atoms with Crippen molar-refractivity contribution < 1.29 is 5.11 Å². The van der Waals surface area contributed by atoms with Crippen LogP contribution in [0.5, 0.6) is 0 Å². The van der Waals surface area contributed by atoms with Gasteiger partial charge in [0.2, 0.25) is 0 Å². The lowest BCUT2D eigenvalue weighted by atomic mass is 9.93. The van der Waals surface area contributed by atoms with Crippen LogP contribution in [0.1, 0.15) is 24.9 Å². The van der Waals surface area contributed by atoms with Crippen LogP contribution in [0.3, 0.4) is 0 Å². The van der Waals surface area contributed by atoms with Crippen molar-refractivity contribution in [3.8, 4) is 0 Å². The monoisotopic (exact) mass is 312 g/mol. The Morgan fingerprint density at radius 2 is 2.11 bits per heavy atom. The maximum absolute atomic E-state index is 9.99. The van der Waals surface area contributed by atoms with E-state index >= 15 is 0 Å². The van der Waals surface area contributed by atoms with Crippen molar-refractivity contribution in [2.75, 3.05) is 19.6 Å². The minimum atomic E-state index is -0.233. The number of aliphatic hydroxyl groups is 1. The number of hydrogen-bond donors (Lipinski definition) is 2. The third-order valence-corrected chi connectivity index (χ3v) is 4.40. The molecular weight excluding hydrogens is 292 g/mol. The van der Waals surface area contributed by atoms with E-state index in [0.717, 1.165) is 24.0 Å². The molecule has 1 heterocycles. The third kappa shape index (κ3) is 3.12. The highest BCUT2D eigenvalue weighted by molar-refractivity contribution is 9.10. The lowest BCUT2D eigenvalue weighted by molar-refractivity contribution is 0.0111. The average Bonchev–Trinajstić information content (AvgIpc) is 2.37. The van der Waals surface area contributed by atoms with Crippen LogP contribution in [0.15, 0.2) is 28.7 Å². The topological polar surface area (TPSA) is 49.5 Å². The van der Waals surface area contributed by atoms with Crippen LogP contribution in [0, 0.1) is 5.92 Å². The Balaban J connectivity index is 2.11. The number of nitrogens with two attached hydrogens (primary N) is 1. The van der Waals surface area contributed by atoms with Gasteiger partial charge in [-0.15, -0.1) is 0 Å². The van der Waals surface area contributed by atoms with E-state index in [2.05, 4.69) is 39.9 Å². The van der Waals surface area contributed by atoms with Crippen LogP contribution in [-0.4, -0.2) is 35.7 Å². The zero-order chi connectivity index (χ0) is 13.1. The average molecular weight is 313 g/mol. The Labute approximate surface area is 117 Å². The molecule has 1 saturated heterocycles. The van der Waals surface area contributed by atoms with Crippen molar-refractivity contribution in [3.05, 3.63) is 34.3 Å². The summed E-state index contributed by atoms with van der Waals surface area (Å²) in [7, 11) is 0. The van der Waals surface area contributed by atoms with Crippen LogP contribution in [0.2, 0.25) is 0 Å². The summed E-state index contributed by atoms with van der Waals surface area (Å²) in [4.78, 5) is 2.30. The van der Waals surface area contributed by atoms with Gasteiger partial charge in [0.15, 0.2) is 0 Å². The van der Waals surface area contributed by atoms with Crippen LogP contribution < -0.4 is 5.73 Å². The molecule has 0 bridgehead atoms. The molecule has 0 aliphatic carbocycles. The van der Waals surface area contributed by atoms with E-state index in [1.807, 2.05) is 12.1 Å². The number of β-amino-alcohol motifs (C(OH)–C–C–N with tert-alkyl or cyclic N) is 1. The van der Waals surface area contributed by atoms with Gasteiger partial charge in [-0.2, -0.15) is 0 Å². The number of likely N-dealkylation sites (tertiary alicyclic amines) is 1. The summed E-state index contributed by atoms with van der Waals surface area (Å²) in [6.45, 7) is 4.43. The molecule has 2 rings (SSSR count). The second-order valence-electron chi connectivity index (χ2n) is 5.13. The highest BCUT2D eigenvalue weighted by atomic mass is 79.9. The van der Waals surface area contributed by atoms with Crippen molar-refractivity contribution in [1.82, 2.24) is 4.90 Å². The van der Waals surface area contributed by atoms with Crippen molar-refractivity contribution in [2.45, 2.75) is 25.5 Å². The number of rotatable bonds is 3. The molecule has 1 aromatic carbocycles. The van der Waals surface area contributed by atoms with E-state index in [0.29, 0.717) is 12.5 Å². The molecule has 100 valence electrons. The first kappa shape index (κ1) is 14.0. The Morgan fingerprint density at radius 3 is 2.67 bits per heavy atom. The van der Waals surface area contributed by atoms with Gasteiger partial charge in [-0.1, -0.05) is 35.0 Å². The summed E-state index contributed by atoms with van der Waals surface area (Å²) in [5.41, 5.74) is 7.14. The molecule has 0 saturated carbocycles. The van der Waals surface area contributed by atoms with Gasteiger partial charge in [0.1, 0.15) is 0 Å². The van der Waals surface area contributed by atoms with E-state index in [1.165, 1.54) is 5.56 Å². The first-order valence-corrected chi connectivity index (χ1v) is 7.28. The van der Waals surface area contributed by atoms with Crippen molar-refractivity contribution in [2.24, 2.45) is 11.7 Å². The third-order valence-electron chi connectivity index (χ3n) is 3.87. The number of nitrogens with zero attached hydrogens (tertiary/aromatic N) is 1. The summed E-state index contributed by atoms with van der Waals surface area (Å²) in [6.07, 6.45) is 0.803. The van der Waals surface area contributed by atoms with Crippen LogP contribution in [0.25, 0.3) is 0 Å². The fourth-order valence-electron chi connectivity index (χ4n) is 2.54. The summed E-state index contributed by atoms with van der Waals surface area (Å²) < 4.78 is 1.08. The molecule has 3 nitrogen and oxygen atoms in total. The smallest absolute Gasteiger partial charge is 0.0693 e. The predicted molar refractivity (Wildman–Crippen MR) is 77.3 cm³/mol. The Hall–Kier alpha value is -0.420. The van der Waals surface area contributed by atoms with Gasteiger partial charge in [0, 0.05) is 23.6 Å². The minimum absolute atomic E-state index is 0.209. The highest BCUT2D eigenvalue weighted by Crippen LogP contribution is 2.27. The molecule has 0 spiro atoms. The highest BCUT2D eigenvalue weighted by Gasteiger charge is 2.28. The maximum atomic E-state index is 9.99. The zero-order valence-electron chi connectivity index (χ0n) is 10.7. The molecule has 0 radical (unpaired) electrons. The van der Waals surface area contributed by atoms with Crippen LogP contribution >= 0.6 is 15.9 Å². The zero-order valence-corrected chi connectivity index (χ0v) is 12.3. The molecule has 3 unspecified atom stereocenters. The number of hydrogen-bond acceptors (Lipinski definition) is 3. The van der Waals surface area contributed by atoms with E-state index in [-0.39, 0.29) is 12.1 Å². The molecule has 18 heavy (non-hydrogen) atoms. The largest absolute Gasteiger partial charge is 0.392 e. The van der Waals surface area contributed by atoms with Crippen LogP contribution in [0.4, 0.5) is 0 Å². The Kier molecular flexibility index (Phi) is 4.78. The van der Waals surface area contributed by atoms with Crippen LogP contribution in [-0.2, 0) is 0 Å². The molecule has 1 aromatic rings. The fraction of sp³-hybridized carbons (Fsp3) is 0.571. The lowest BCUT2D eigenvalue weighted by Gasteiger charge is -2.39. The van der Waals surface area contributed by atoms with E-state index < -0.39 is 0 Å². The second-order valence-corrected chi connectivity index (χ2v) is 6.05. The molecule has 1 aliphatic rings. The molecule has 4 heteroatoms. The van der Waals surface area contributed by atoms with Gasteiger partial charge in [0.05, 0.1) is 6.10 Å². The number of aliphatic hydroxyl groups excluding tert-OH is 1. The molecule has 0 amide bonds. The summed E-state index contributed by atoms with van der Waals surface area (Å²) in [5.74, 6) is 0.393. The van der Waals surface area contributed by atoms with Gasteiger partial charge in [-0.05, 0) is 36.6 Å². The minimum Gasteiger partial charge on any atom is -0.392 e. The van der Waals surface area contributed by atoms with Gasteiger partial charge >= 0.3 is 0 Å². The van der Waals surface area contributed by atoms with E-state index in [9.17, 15) is 5.11 Å². The molecule has 1 fully saturated rings. The molecule has 3 atom stereocenters. The molecule has 0 aromatic heterocycles.